The zero-order valence-electron chi connectivity index (χ0n) is 23.4. The predicted molar refractivity (Wildman–Crippen MR) is 144 cm³/mol. The number of fused-ring (bicyclic) bond motifs is 3. The van der Waals surface area contributed by atoms with Crippen LogP contribution in [0.2, 0.25) is 0 Å². The number of alkyl halides is 3. The summed E-state index contributed by atoms with van der Waals surface area (Å²) in [6, 6.07) is 6.50. The molecule has 3 aliphatic rings. The number of benzene rings is 2. The average Bonchev–Trinajstić information content (AvgIpc) is 3.51. The smallest absolute Gasteiger partial charge is 0.417 e. The Morgan fingerprint density at radius 2 is 1.86 bits per heavy atom. The summed E-state index contributed by atoms with van der Waals surface area (Å²) < 4.78 is 87.7. The SMILES string of the molecule is CCOC(=O)C1=C2Cc3cc(OCc4cc(-c5ccc(OCC6CC(C)(O)C6)c(F)c5)c(C(F)(F)F)cc4F)ncc3C21. The molecule has 1 N–H and O–H groups in total. The summed E-state index contributed by atoms with van der Waals surface area (Å²) in [4.78, 5) is 16.3. The van der Waals surface area contributed by atoms with E-state index >= 15 is 0 Å². The molecule has 1 heterocycles. The molecule has 0 saturated heterocycles. The van der Waals surface area contributed by atoms with E-state index < -0.39 is 41.1 Å². The molecule has 1 aromatic heterocycles. The molecule has 0 bridgehead atoms. The molecule has 0 amide bonds. The Bertz CT molecular complexity index is 1640. The van der Waals surface area contributed by atoms with Crippen LogP contribution in [0.5, 0.6) is 11.6 Å². The number of ether oxygens (including phenoxy) is 3. The number of aromatic nitrogens is 1. The van der Waals surface area contributed by atoms with Gasteiger partial charge in [-0.3, -0.25) is 0 Å². The maximum atomic E-state index is 14.9. The van der Waals surface area contributed by atoms with Crippen molar-refractivity contribution in [3.63, 3.8) is 0 Å². The number of allylic oxidation sites excluding steroid dienone is 1. The van der Waals surface area contributed by atoms with E-state index in [0.29, 0.717) is 30.9 Å². The van der Waals surface area contributed by atoms with Gasteiger partial charge < -0.3 is 19.3 Å². The monoisotopic (exact) mass is 601 g/mol. The van der Waals surface area contributed by atoms with Crippen LogP contribution in [0, 0.1) is 17.6 Å². The van der Waals surface area contributed by atoms with Gasteiger partial charge in [0.2, 0.25) is 5.88 Å². The number of halogens is 5. The maximum Gasteiger partial charge on any atom is 0.417 e. The lowest BCUT2D eigenvalue weighted by Crippen LogP contribution is -2.43. The van der Waals surface area contributed by atoms with Crippen molar-refractivity contribution < 1.29 is 46.1 Å². The first kappa shape index (κ1) is 29.1. The first-order valence-electron chi connectivity index (χ1n) is 13.9. The largest absolute Gasteiger partial charge is 0.490 e. The molecule has 1 atom stereocenters. The third-order valence-corrected chi connectivity index (χ3v) is 8.13. The molecule has 1 unspecified atom stereocenters. The topological polar surface area (TPSA) is 77.9 Å². The fourth-order valence-corrected chi connectivity index (χ4v) is 6.10. The highest BCUT2D eigenvalue weighted by Gasteiger charge is 2.48. The van der Waals surface area contributed by atoms with E-state index in [1.807, 2.05) is 0 Å². The van der Waals surface area contributed by atoms with E-state index in [4.69, 9.17) is 14.2 Å². The molecule has 6 rings (SSSR count). The van der Waals surface area contributed by atoms with Crippen LogP contribution in [-0.2, 0) is 28.7 Å². The summed E-state index contributed by atoms with van der Waals surface area (Å²) in [5.41, 5.74) is 0.669. The highest BCUT2D eigenvalue weighted by Crippen LogP contribution is 2.56. The van der Waals surface area contributed by atoms with Gasteiger partial charge in [-0.1, -0.05) is 6.07 Å². The lowest BCUT2D eigenvalue weighted by Gasteiger charge is -2.40. The van der Waals surface area contributed by atoms with Crippen LogP contribution < -0.4 is 9.47 Å². The third-order valence-electron chi connectivity index (χ3n) is 8.13. The van der Waals surface area contributed by atoms with Crippen LogP contribution in [0.15, 0.2) is 53.7 Å². The van der Waals surface area contributed by atoms with E-state index in [0.717, 1.165) is 28.8 Å². The molecule has 3 aromatic rings. The van der Waals surface area contributed by atoms with Crippen LogP contribution in [0.3, 0.4) is 0 Å². The highest BCUT2D eigenvalue weighted by molar-refractivity contribution is 6.00. The molecule has 43 heavy (non-hydrogen) atoms. The molecule has 6 nitrogen and oxygen atoms in total. The zero-order chi connectivity index (χ0) is 30.7. The number of aliphatic hydroxyl groups is 1. The van der Waals surface area contributed by atoms with Crippen molar-refractivity contribution in [3.8, 4) is 22.8 Å². The van der Waals surface area contributed by atoms with Crippen molar-refractivity contribution in [2.24, 2.45) is 5.92 Å². The van der Waals surface area contributed by atoms with Crippen LogP contribution in [0.4, 0.5) is 22.0 Å². The summed E-state index contributed by atoms with van der Waals surface area (Å²) in [5, 5.41) is 9.85. The van der Waals surface area contributed by atoms with Crippen LogP contribution >= 0.6 is 0 Å². The lowest BCUT2D eigenvalue weighted by atomic mass is 9.73. The fraction of sp³-hybridized carbons (Fsp3) is 0.375. The van der Waals surface area contributed by atoms with Gasteiger partial charge in [0.15, 0.2) is 11.6 Å². The molecule has 0 aliphatic heterocycles. The van der Waals surface area contributed by atoms with Crippen molar-refractivity contribution in [3.05, 3.63) is 87.6 Å². The van der Waals surface area contributed by atoms with Gasteiger partial charge in [0, 0.05) is 29.3 Å². The number of pyridine rings is 1. The number of carbonyl (C=O) groups excluding carboxylic acids is 1. The minimum atomic E-state index is -4.90. The van der Waals surface area contributed by atoms with Gasteiger partial charge in [0.1, 0.15) is 12.4 Å². The van der Waals surface area contributed by atoms with E-state index in [9.17, 15) is 31.9 Å². The van der Waals surface area contributed by atoms with Crippen molar-refractivity contribution >= 4 is 5.97 Å². The normalized spacial score (nSPS) is 22.0. The summed E-state index contributed by atoms with van der Waals surface area (Å²) in [6.07, 6.45) is -1.78. The quantitative estimate of drug-likeness (QED) is 0.218. The van der Waals surface area contributed by atoms with Gasteiger partial charge in [0.25, 0.3) is 0 Å². The highest BCUT2D eigenvalue weighted by atomic mass is 19.4. The Hall–Kier alpha value is -3.99. The Labute approximate surface area is 244 Å². The molecule has 226 valence electrons. The molecule has 0 spiro atoms. The summed E-state index contributed by atoms with van der Waals surface area (Å²) >= 11 is 0. The Morgan fingerprint density at radius 1 is 1.09 bits per heavy atom. The minimum Gasteiger partial charge on any atom is -0.490 e. The van der Waals surface area contributed by atoms with Gasteiger partial charge >= 0.3 is 12.1 Å². The summed E-state index contributed by atoms with van der Waals surface area (Å²) in [7, 11) is 0. The molecule has 1 fully saturated rings. The predicted octanol–water partition coefficient (Wildman–Crippen LogP) is 6.68. The van der Waals surface area contributed by atoms with E-state index in [2.05, 4.69) is 4.98 Å². The minimum absolute atomic E-state index is 0.0515. The summed E-state index contributed by atoms with van der Waals surface area (Å²) in [5.74, 6) is -2.36. The molecule has 1 saturated carbocycles. The van der Waals surface area contributed by atoms with Crippen molar-refractivity contribution in [1.29, 1.82) is 0 Å². The second-order valence-electron chi connectivity index (χ2n) is 11.5. The van der Waals surface area contributed by atoms with Gasteiger partial charge in [0.05, 0.1) is 24.4 Å². The average molecular weight is 602 g/mol. The Morgan fingerprint density at radius 3 is 2.53 bits per heavy atom. The van der Waals surface area contributed by atoms with E-state index in [-0.39, 0.29) is 53.8 Å². The number of hydrogen-bond donors (Lipinski definition) is 1. The van der Waals surface area contributed by atoms with E-state index in [1.165, 1.54) is 12.1 Å². The van der Waals surface area contributed by atoms with Gasteiger partial charge in [-0.15, -0.1) is 0 Å². The van der Waals surface area contributed by atoms with Crippen LogP contribution in [-0.4, -0.2) is 34.9 Å². The zero-order valence-corrected chi connectivity index (χ0v) is 23.4. The number of carbonyl (C=O) groups is 1. The van der Waals surface area contributed by atoms with Crippen LogP contribution in [0.1, 0.15) is 54.9 Å². The second kappa shape index (κ2) is 10.6. The van der Waals surface area contributed by atoms with Crippen molar-refractivity contribution in [1.82, 2.24) is 4.98 Å². The molecular formula is C32H28F5NO5. The second-order valence-corrected chi connectivity index (χ2v) is 11.5. The molecule has 11 heteroatoms. The Balaban J connectivity index is 1.19. The van der Waals surface area contributed by atoms with Crippen molar-refractivity contribution in [2.45, 2.75) is 57.4 Å². The number of rotatable bonds is 9. The number of nitrogens with zero attached hydrogens (tertiary/aromatic N) is 1. The molecule has 3 aliphatic carbocycles. The molecular weight excluding hydrogens is 573 g/mol. The van der Waals surface area contributed by atoms with Gasteiger partial charge in [-0.05, 0) is 91.1 Å². The summed E-state index contributed by atoms with van der Waals surface area (Å²) in [6.45, 7) is 3.46. The lowest BCUT2D eigenvalue weighted by molar-refractivity contribution is -0.138. The van der Waals surface area contributed by atoms with Crippen LogP contribution in [0.25, 0.3) is 11.1 Å². The Kier molecular flexibility index (Phi) is 7.19. The molecule has 0 radical (unpaired) electrons. The fourth-order valence-electron chi connectivity index (χ4n) is 6.10. The number of esters is 1. The third kappa shape index (κ3) is 5.70. The number of hydrogen-bond acceptors (Lipinski definition) is 6. The maximum absolute atomic E-state index is 14.9. The standard InChI is InChI=1S/C32H28F5NO5/c1-3-41-30(39)29-21-6-18-9-27(38-13-22(18)28(21)29)43-15-19-7-20(23(10-24(19)33)32(35,36)37)17-4-5-26(25(34)8-17)42-14-16-11-31(2,40)12-16/h4-5,7-10,13,16,28,40H,3,6,11-12,14-15H2,1-2H3. The first-order valence-corrected chi connectivity index (χ1v) is 13.9. The van der Waals surface area contributed by atoms with E-state index in [1.54, 1.807) is 26.1 Å². The molecule has 2 aromatic carbocycles. The van der Waals surface area contributed by atoms with Crippen molar-refractivity contribution in [2.75, 3.05) is 13.2 Å². The van der Waals surface area contributed by atoms with Gasteiger partial charge in [-0.25, -0.2) is 18.6 Å². The van der Waals surface area contributed by atoms with Gasteiger partial charge in [-0.2, -0.15) is 13.2 Å². The first-order chi connectivity index (χ1) is 20.3.